The fraction of sp³-hybridized carbons (Fsp3) is 0.391. The van der Waals surface area contributed by atoms with Crippen molar-refractivity contribution in [3.8, 4) is 5.75 Å². The number of methoxy groups -OCH3 is 1. The van der Waals surface area contributed by atoms with E-state index in [9.17, 15) is 4.79 Å². The maximum absolute atomic E-state index is 12.9. The van der Waals surface area contributed by atoms with Crippen molar-refractivity contribution in [1.29, 1.82) is 0 Å². The van der Waals surface area contributed by atoms with Gasteiger partial charge in [-0.2, -0.15) is 5.10 Å². The summed E-state index contributed by atoms with van der Waals surface area (Å²) in [5, 5.41) is 8.79. The summed E-state index contributed by atoms with van der Waals surface area (Å²) in [7, 11) is 3.54. The topological polar surface area (TPSA) is 84.6 Å². The van der Waals surface area contributed by atoms with Crippen molar-refractivity contribution in [2.24, 2.45) is 5.92 Å². The number of nitrogens with one attached hydrogen (secondary N) is 1. The largest absolute Gasteiger partial charge is 0.493 e. The Bertz CT molecular complexity index is 1310. The molecule has 8 nitrogen and oxygen atoms in total. The summed E-state index contributed by atoms with van der Waals surface area (Å²) >= 11 is 1.67. The molecule has 0 radical (unpaired) electrons. The van der Waals surface area contributed by atoms with Crippen LogP contribution in [0.1, 0.15) is 30.7 Å². The Morgan fingerprint density at radius 2 is 2.22 bits per heavy atom. The number of hydrogen-bond acceptors (Lipinski definition) is 7. The van der Waals surface area contributed by atoms with Crippen molar-refractivity contribution >= 4 is 44.5 Å². The molecule has 1 aliphatic rings. The number of pyridine rings is 1. The lowest BCUT2D eigenvalue weighted by atomic mass is 9.86. The van der Waals surface area contributed by atoms with Gasteiger partial charge in [0.05, 0.1) is 29.9 Å². The van der Waals surface area contributed by atoms with E-state index in [2.05, 4.69) is 34.2 Å². The number of carbonyl (C=O) groups is 1. The zero-order valence-corrected chi connectivity index (χ0v) is 19.4. The van der Waals surface area contributed by atoms with Crippen LogP contribution >= 0.6 is 11.3 Å². The van der Waals surface area contributed by atoms with E-state index in [0.29, 0.717) is 5.75 Å². The van der Waals surface area contributed by atoms with Crippen LogP contribution in [0.25, 0.3) is 15.7 Å². The Labute approximate surface area is 190 Å². The van der Waals surface area contributed by atoms with Gasteiger partial charge in [-0.3, -0.25) is 4.79 Å². The summed E-state index contributed by atoms with van der Waals surface area (Å²) in [4.78, 5) is 26.0. The second kappa shape index (κ2) is 8.05. The van der Waals surface area contributed by atoms with Crippen molar-refractivity contribution in [2.45, 2.75) is 39.2 Å². The molecule has 0 aliphatic heterocycles. The second-order valence-corrected chi connectivity index (χ2v) is 9.55. The zero-order chi connectivity index (χ0) is 22.4. The molecule has 0 fully saturated rings. The average molecular weight is 451 g/mol. The summed E-state index contributed by atoms with van der Waals surface area (Å²) in [5.41, 5.74) is 3.04. The van der Waals surface area contributed by atoms with E-state index >= 15 is 0 Å². The van der Waals surface area contributed by atoms with Gasteiger partial charge in [-0.1, -0.05) is 0 Å². The molecule has 1 N–H and O–H groups in total. The number of aryl methyl sites for hydroxylation is 1. The standard InChI is InChI=1S/C23H26N6O2S/c1-13(2)28(3)23(30)14-5-6-16-19(9-14)32-22-20(16)21(24-12-25-22)27-17-10-15-7-8-26-29(15)11-18(17)31-4/h7-8,10-14H,5-6,9H2,1-4H3,(H,24,25,27). The van der Waals surface area contributed by atoms with Crippen LogP contribution in [0.15, 0.2) is 30.9 Å². The van der Waals surface area contributed by atoms with E-state index in [4.69, 9.17) is 4.74 Å². The van der Waals surface area contributed by atoms with Crippen LogP contribution in [0.3, 0.4) is 0 Å². The number of nitrogens with zero attached hydrogens (tertiary/aromatic N) is 5. The first-order chi connectivity index (χ1) is 15.5. The van der Waals surface area contributed by atoms with Crippen molar-refractivity contribution in [3.05, 3.63) is 41.3 Å². The van der Waals surface area contributed by atoms with Crippen LogP contribution in [0.4, 0.5) is 11.5 Å². The molecule has 0 saturated heterocycles. The predicted molar refractivity (Wildman–Crippen MR) is 126 cm³/mol. The van der Waals surface area contributed by atoms with E-state index in [1.165, 1.54) is 10.4 Å². The molecule has 1 atom stereocenters. The Morgan fingerprint density at radius 1 is 1.38 bits per heavy atom. The van der Waals surface area contributed by atoms with Crippen molar-refractivity contribution in [2.75, 3.05) is 19.5 Å². The third-order valence-electron chi connectivity index (χ3n) is 6.29. The van der Waals surface area contributed by atoms with E-state index in [1.54, 1.807) is 35.5 Å². The monoisotopic (exact) mass is 450 g/mol. The molecule has 1 amide bonds. The quantitative estimate of drug-likeness (QED) is 0.494. The summed E-state index contributed by atoms with van der Waals surface area (Å²) < 4.78 is 7.35. The molecule has 166 valence electrons. The number of anilines is 2. The number of thiophene rings is 1. The van der Waals surface area contributed by atoms with E-state index in [0.717, 1.165) is 46.5 Å². The van der Waals surface area contributed by atoms with Crippen molar-refractivity contribution in [3.63, 3.8) is 0 Å². The second-order valence-electron chi connectivity index (χ2n) is 8.47. The number of ether oxygens (including phenoxy) is 1. The molecule has 9 heteroatoms. The molecule has 4 heterocycles. The number of aromatic nitrogens is 4. The summed E-state index contributed by atoms with van der Waals surface area (Å²) in [6.07, 6.45) is 7.64. The third-order valence-corrected chi connectivity index (χ3v) is 7.45. The molecule has 0 aromatic carbocycles. The lowest BCUT2D eigenvalue weighted by Crippen LogP contribution is -2.39. The smallest absolute Gasteiger partial charge is 0.226 e. The summed E-state index contributed by atoms with van der Waals surface area (Å²) in [6.45, 7) is 4.10. The summed E-state index contributed by atoms with van der Waals surface area (Å²) in [6, 6.07) is 4.14. The molecular formula is C23H26N6O2S. The molecular weight excluding hydrogens is 424 g/mol. The molecule has 5 rings (SSSR count). The van der Waals surface area contributed by atoms with Crippen molar-refractivity contribution in [1.82, 2.24) is 24.5 Å². The van der Waals surface area contributed by atoms with Gasteiger partial charge in [0.1, 0.15) is 17.0 Å². The molecule has 32 heavy (non-hydrogen) atoms. The van der Waals surface area contributed by atoms with Gasteiger partial charge in [0.25, 0.3) is 0 Å². The van der Waals surface area contributed by atoms with Gasteiger partial charge in [0.15, 0.2) is 5.75 Å². The first kappa shape index (κ1) is 20.7. The van der Waals surface area contributed by atoms with E-state index in [1.807, 2.05) is 30.3 Å². The molecule has 1 unspecified atom stereocenters. The van der Waals surface area contributed by atoms with Crippen LogP contribution in [0.5, 0.6) is 5.75 Å². The number of amides is 1. The van der Waals surface area contributed by atoms with Gasteiger partial charge in [0, 0.05) is 30.1 Å². The van der Waals surface area contributed by atoms with E-state index < -0.39 is 0 Å². The molecule has 0 spiro atoms. The van der Waals surface area contributed by atoms with Crippen LogP contribution in [0.2, 0.25) is 0 Å². The Kier molecular flexibility index (Phi) is 5.21. The first-order valence-corrected chi connectivity index (χ1v) is 11.6. The highest BCUT2D eigenvalue weighted by atomic mass is 32.1. The van der Waals surface area contributed by atoms with Gasteiger partial charge >= 0.3 is 0 Å². The fourth-order valence-corrected chi connectivity index (χ4v) is 5.56. The van der Waals surface area contributed by atoms with Gasteiger partial charge < -0.3 is 15.0 Å². The number of rotatable bonds is 5. The van der Waals surface area contributed by atoms with Gasteiger partial charge in [0.2, 0.25) is 5.91 Å². The van der Waals surface area contributed by atoms with Gasteiger partial charge in [-0.15, -0.1) is 11.3 Å². The Balaban J connectivity index is 1.50. The number of carbonyl (C=O) groups excluding carboxylic acids is 1. The van der Waals surface area contributed by atoms with Gasteiger partial charge in [-0.05, 0) is 50.8 Å². The molecule has 4 aromatic rings. The lowest BCUT2D eigenvalue weighted by molar-refractivity contribution is -0.136. The molecule has 1 aliphatic carbocycles. The highest BCUT2D eigenvalue weighted by Gasteiger charge is 2.31. The third kappa shape index (κ3) is 3.46. The van der Waals surface area contributed by atoms with E-state index in [-0.39, 0.29) is 17.9 Å². The molecule has 0 saturated carbocycles. The fourth-order valence-electron chi connectivity index (χ4n) is 4.29. The number of fused-ring (bicyclic) bond motifs is 4. The highest BCUT2D eigenvalue weighted by molar-refractivity contribution is 7.19. The Morgan fingerprint density at radius 3 is 3.00 bits per heavy atom. The lowest BCUT2D eigenvalue weighted by Gasteiger charge is -2.29. The predicted octanol–water partition coefficient (Wildman–Crippen LogP) is 4.06. The molecule has 0 bridgehead atoms. The van der Waals surface area contributed by atoms with Crippen LogP contribution in [-0.2, 0) is 17.6 Å². The average Bonchev–Trinajstić information content (AvgIpc) is 3.40. The minimum Gasteiger partial charge on any atom is -0.493 e. The minimum absolute atomic E-state index is 0.0247. The van der Waals surface area contributed by atoms with Gasteiger partial charge in [-0.25, -0.2) is 14.5 Å². The maximum atomic E-state index is 12.9. The van der Waals surface area contributed by atoms with Crippen LogP contribution < -0.4 is 10.1 Å². The SMILES string of the molecule is COc1cn2nccc2cc1Nc1ncnc2sc3c(c12)CCC(C(=O)N(C)C(C)C)C3. The zero-order valence-electron chi connectivity index (χ0n) is 18.6. The highest BCUT2D eigenvalue weighted by Crippen LogP contribution is 2.41. The minimum atomic E-state index is 0.0247. The Hall–Kier alpha value is -3.20. The van der Waals surface area contributed by atoms with Crippen LogP contribution in [-0.4, -0.2) is 50.6 Å². The first-order valence-electron chi connectivity index (χ1n) is 10.8. The summed E-state index contributed by atoms with van der Waals surface area (Å²) in [5.74, 6) is 1.70. The number of hydrogen-bond donors (Lipinski definition) is 1. The van der Waals surface area contributed by atoms with Crippen LogP contribution in [0, 0.1) is 5.92 Å². The molecule has 4 aromatic heterocycles. The van der Waals surface area contributed by atoms with Crippen molar-refractivity contribution < 1.29 is 9.53 Å². The maximum Gasteiger partial charge on any atom is 0.226 e. The normalized spacial score (nSPS) is 15.8.